The summed E-state index contributed by atoms with van der Waals surface area (Å²) in [6.07, 6.45) is 0. The minimum Gasteiger partial charge on any atom is -0.497 e. The number of halogens is 2. The summed E-state index contributed by atoms with van der Waals surface area (Å²) < 4.78 is 37.8. The van der Waals surface area contributed by atoms with E-state index in [0.29, 0.717) is 29.1 Å². The maximum atomic E-state index is 15.0. The van der Waals surface area contributed by atoms with Crippen molar-refractivity contribution in [1.82, 2.24) is 14.0 Å². The summed E-state index contributed by atoms with van der Waals surface area (Å²) in [6.45, 7) is 0.660. The summed E-state index contributed by atoms with van der Waals surface area (Å²) in [5.41, 5.74) is 2.13. The Hall–Kier alpha value is -4.86. The van der Waals surface area contributed by atoms with Crippen molar-refractivity contribution >= 4 is 21.6 Å². The van der Waals surface area contributed by atoms with E-state index in [1.165, 1.54) is 38.7 Å². The molecule has 6 nitrogen and oxygen atoms in total. The lowest BCUT2D eigenvalue weighted by Gasteiger charge is -2.18. The standard InChI is InChI=1S/C36H31F2N3O3S/c1-39(20-24-10-5-3-6-11-24)22-29-32-34(42)40(21-25-12-7-4-8-13-25)36(43)41(23-28-30(37)14-9-15-31(28)38)35(32)45-33(29)26-16-18-27(44-2)19-17-26/h3-19H,20-23H2,1-2H3. The van der Waals surface area contributed by atoms with E-state index >= 15 is 0 Å². The van der Waals surface area contributed by atoms with E-state index < -0.39 is 22.9 Å². The van der Waals surface area contributed by atoms with Gasteiger partial charge in [-0.15, -0.1) is 11.3 Å². The minimum atomic E-state index is -0.759. The Labute approximate surface area is 263 Å². The first kappa shape index (κ1) is 30.2. The summed E-state index contributed by atoms with van der Waals surface area (Å²) >= 11 is 1.28. The lowest BCUT2D eigenvalue weighted by atomic mass is 10.1. The fourth-order valence-electron chi connectivity index (χ4n) is 5.55. The van der Waals surface area contributed by atoms with Gasteiger partial charge in [-0.25, -0.2) is 13.6 Å². The maximum Gasteiger partial charge on any atom is 0.332 e. The molecule has 0 aliphatic rings. The van der Waals surface area contributed by atoms with Crippen LogP contribution in [0.25, 0.3) is 20.7 Å². The number of rotatable bonds is 10. The van der Waals surface area contributed by atoms with E-state index in [-0.39, 0.29) is 18.7 Å². The van der Waals surface area contributed by atoms with Crippen LogP contribution in [0.3, 0.4) is 0 Å². The zero-order valence-corrected chi connectivity index (χ0v) is 25.7. The van der Waals surface area contributed by atoms with Gasteiger partial charge in [0.05, 0.1) is 25.6 Å². The highest BCUT2D eigenvalue weighted by Crippen LogP contribution is 2.38. The van der Waals surface area contributed by atoms with E-state index in [9.17, 15) is 18.4 Å². The Bertz CT molecular complexity index is 2050. The van der Waals surface area contributed by atoms with Crippen LogP contribution >= 0.6 is 11.3 Å². The van der Waals surface area contributed by atoms with Crippen molar-refractivity contribution in [1.29, 1.82) is 0 Å². The normalized spacial score (nSPS) is 11.4. The van der Waals surface area contributed by atoms with E-state index in [4.69, 9.17) is 4.74 Å². The average molecular weight is 624 g/mol. The molecule has 0 aliphatic carbocycles. The van der Waals surface area contributed by atoms with Gasteiger partial charge in [-0.1, -0.05) is 66.7 Å². The Balaban J connectivity index is 1.60. The highest BCUT2D eigenvalue weighted by atomic mass is 32.1. The molecule has 45 heavy (non-hydrogen) atoms. The highest BCUT2D eigenvalue weighted by Gasteiger charge is 2.25. The van der Waals surface area contributed by atoms with Gasteiger partial charge in [-0.3, -0.25) is 18.8 Å². The molecule has 0 saturated carbocycles. The molecule has 6 rings (SSSR count). The van der Waals surface area contributed by atoms with Crippen molar-refractivity contribution in [2.24, 2.45) is 0 Å². The molecule has 0 N–H and O–H groups in total. The van der Waals surface area contributed by atoms with Gasteiger partial charge in [0.15, 0.2) is 0 Å². The van der Waals surface area contributed by atoms with Gasteiger partial charge in [0.25, 0.3) is 5.56 Å². The minimum absolute atomic E-state index is 0.0151. The van der Waals surface area contributed by atoms with Crippen molar-refractivity contribution in [3.8, 4) is 16.2 Å². The van der Waals surface area contributed by atoms with Gasteiger partial charge in [0.1, 0.15) is 22.2 Å². The van der Waals surface area contributed by atoms with Crippen molar-refractivity contribution in [3.63, 3.8) is 0 Å². The average Bonchev–Trinajstić information content (AvgIpc) is 3.42. The summed E-state index contributed by atoms with van der Waals surface area (Å²) in [6, 6.07) is 30.3. The molecule has 0 atom stereocenters. The maximum absolute atomic E-state index is 15.0. The van der Waals surface area contributed by atoms with Gasteiger partial charge < -0.3 is 4.74 Å². The summed E-state index contributed by atoms with van der Waals surface area (Å²) in [5, 5.41) is 0.359. The first-order chi connectivity index (χ1) is 21.8. The molecule has 2 aromatic heterocycles. The van der Waals surface area contributed by atoms with Crippen molar-refractivity contribution in [3.05, 3.63) is 158 Å². The van der Waals surface area contributed by atoms with E-state index in [1.54, 1.807) is 7.11 Å². The van der Waals surface area contributed by atoms with Crippen LogP contribution in [0.4, 0.5) is 8.78 Å². The van der Waals surface area contributed by atoms with E-state index in [0.717, 1.165) is 27.1 Å². The summed E-state index contributed by atoms with van der Waals surface area (Å²) in [7, 11) is 3.57. The first-order valence-corrected chi connectivity index (χ1v) is 15.3. The molecule has 0 amide bonds. The number of hydrogen-bond acceptors (Lipinski definition) is 5. The molecule has 4 aromatic carbocycles. The topological polar surface area (TPSA) is 56.5 Å². The SMILES string of the molecule is COc1ccc(-c2sc3c(c2CN(C)Cc2ccccc2)c(=O)n(Cc2ccccc2)c(=O)n3Cc2c(F)cccc2F)cc1. The monoisotopic (exact) mass is 623 g/mol. The van der Waals surface area contributed by atoms with Crippen LogP contribution in [0.15, 0.2) is 113 Å². The number of fused-ring (bicyclic) bond motifs is 1. The van der Waals surface area contributed by atoms with Gasteiger partial charge >= 0.3 is 5.69 Å². The molecule has 2 heterocycles. The van der Waals surface area contributed by atoms with Gasteiger partial charge in [0.2, 0.25) is 0 Å². The molecule has 0 bridgehead atoms. The van der Waals surface area contributed by atoms with Crippen LogP contribution in [0.2, 0.25) is 0 Å². The lowest BCUT2D eigenvalue weighted by Crippen LogP contribution is -2.40. The molecular weight excluding hydrogens is 592 g/mol. The largest absolute Gasteiger partial charge is 0.497 e. The van der Waals surface area contributed by atoms with Crippen molar-refractivity contribution in [2.45, 2.75) is 26.2 Å². The molecule has 228 valence electrons. The second kappa shape index (κ2) is 13.0. The number of nitrogens with zero attached hydrogens (tertiary/aromatic N) is 3. The third-order valence-corrected chi connectivity index (χ3v) is 9.10. The Morgan fingerprint density at radius 1 is 0.711 bits per heavy atom. The number of hydrogen-bond donors (Lipinski definition) is 0. The van der Waals surface area contributed by atoms with E-state index in [1.807, 2.05) is 92.0 Å². The molecule has 0 spiro atoms. The summed E-state index contributed by atoms with van der Waals surface area (Å²) in [5.74, 6) is -0.837. The third kappa shape index (κ3) is 6.22. The fraction of sp³-hybridized carbons (Fsp3) is 0.167. The molecule has 0 fully saturated rings. The zero-order valence-electron chi connectivity index (χ0n) is 24.9. The Morgan fingerprint density at radius 2 is 1.33 bits per heavy atom. The predicted molar refractivity (Wildman–Crippen MR) is 175 cm³/mol. The van der Waals surface area contributed by atoms with Crippen LogP contribution in [-0.2, 0) is 26.2 Å². The number of ether oxygens (including phenoxy) is 1. The predicted octanol–water partition coefficient (Wildman–Crippen LogP) is 6.91. The quantitative estimate of drug-likeness (QED) is 0.167. The number of thiophene rings is 1. The van der Waals surface area contributed by atoms with Crippen LogP contribution in [-0.4, -0.2) is 28.2 Å². The first-order valence-electron chi connectivity index (χ1n) is 14.5. The third-order valence-electron chi connectivity index (χ3n) is 7.79. The smallest absolute Gasteiger partial charge is 0.332 e. The number of methoxy groups -OCH3 is 1. The second-order valence-corrected chi connectivity index (χ2v) is 11.9. The van der Waals surface area contributed by atoms with E-state index in [2.05, 4.69) is 4.90 Å². The van der Waals surface area contributed by atoms with Crippen LogP contribution in [0, 0.1) is 11.6 Å². The van der Waals surface area contributed by atoms with Crippen LogP contribution in [0.1, 0.15) is 22.3 Å². The summed E-state index contributed by atoms with van der Waals surface area (Å²) in [4.78, 5) is 31.7. The molecule has 6 aromatic rings. The highest BCUT2D eigenvalue weighted by molar-refractivity contribution is 7.22. The second-order valence-electron chi connectivity index (χ2n) is 10.9. The van der Waals surface area contributed by atoms with Crippen LogP contribution < -0.4 is 16.0 Å². The van der Waals surface area contributed by atoms with Gasteiger partial charge in [-0.2, -0.15) is 0 Å². The fourth-order valence-corrected chi connectivity index (χ4v) is 6.85. The molecule has 0 radical (unpaired) electrons. The molecule has 9 heteroatoms. The Kier molecular flexibility index (Phi) is 8.73. The Morgan fingerprint density at radius 3 is 1.96 bits per heavy atom. The molecule has 0 saturated heterocycles. The molecular formula is C36H31F2N3O3S. The molecule has 0 aliphatic heterocycles. The van der Waals surface area contributed by atoms with Crippen molar-refractivity contribution in [2.75, 3.05) is 14.2 Å². The van der Waals surface area contributed by atoms with Crippen LogP contribution in [0.5, 0.6) is 5.75 Å². The number of aromatic nitrogens is 2. The number of benzene rings is 4. The molecule has 0 unspecified atom stereocenters. The lowest BCUT2D eigenvalue weighted by molar-refractivity contribution is 0.321. The van der Waals surface area contributed by atoms with Gasteiger partial charge in [-0.05, 0) is 65.7 Å². The van der Waals surface area contributed by atoms with Gasteiger partial charge in [0, 0.05) is 23.5 Å². The van der Waals surface area contributed by atoms with Crippen molar-refractivity contribution < 1.29 is 13.5 Å². The zero-order chi connectivity index (χ0) is 31.5.